The van der Waals surface area contributed by atoms with E-state index in [-0.39, 0.29) is 6.10 Å². The highest BCUT2D eigenvalue weighted by Gasteiger charge is 2.53. The Morgan fingerprint density at radius 1 is 1.05 bits per heavy atom. The highest BCUT2D eigenvalue weighted by Crippen LogP contribution is 2.51. The van der Waals surface area contributed by atoms with E-state index in [2.05, 4.69) is 50.8 Å². The summed E-state index contributed by atoms with van der Waals surface area (Å²) >= 11 is 0. The smallest absolute Gasteiger partial charge is 0.184 e. The second-order valence-electron chi connectivity index (χ2n) is 6.82. The Balaban J connectivity index is 2.08. The zero-order valence-corrected chi connectivity index (χ0v) is 13.8. The molecule has 0 amide bonds. The van der Waals surface area contributed by atoms with Gasteiger partial charge in [-0.3, -0.25) is 0 Å². The van der Waals surface area contributed by atoms with Crippen molar-refractivity contribution in [2.24, 2.45) is 0 Å². The summed E-state index contributed by atoms with van der Waals surface area (Å²) in [6, 6.07) is 8.31. The second-order valence-corrected chi connectivity index (χ2v) is 11.3. The minimum atomic E-state index is -1.66. The van der Waals surface area contributed by atoms with E-state index in [1.807, 2.05) is 19.1 Å². The lowest BCUT2D eigenvalue weighted by Crippen LogP contribution is -2.53. The van der Waals surface area contributed by atoms with Crippen molar-refractivity contribution in [2.75, 3.05) is 0 Å². The summed E-state index contributed by atoms with van der Waals surface area (Å²) in [7, 11) is -1.66. The average molecular weight is 290 g/mol. The zero-order chi connectivity index (χ0) is 14.6. The molecule has 1 aromatic rings. The topological polar surface area (TPSA) is 27.7 Å². The van der Waals surface area contributed by atoms with E-state index in [1.54, 1.807) is 0 Å². The van der Waals surface area contributed by atoms with Crippen molar-refractivity contribution in [3.63, 3.8) is 0 Å². The molecule has 3 atom stereocenters. The van der Waals surface area contributed by atoms with Crippen LogP contribution in [0.15, 0.2) is 36.4 Å². The first-order chi connectivity index (χ1) is 9.27. The molecule has 2 aliphatic heterocycles. The molecule has 2 heterocycles. The van der Waals surface area contributed by atoms with Gasteiger partial charge < -0.3 is 4.43 Å². The standard InChI is InChI=1S/C16H22O3Si/c1-12(17-20(3,4)5)16-11-10-15(2,18-19-16)13-8-6-7-9-14(13)16/h6-12H,1-5H3/t12-,15-,16-/m0/s1. The number of rotatable bonds is 3. The Labute approximate surface area is 121 Å². The van der Waals surface area contributed by atoms with Crippen molar-refractivity contribution < 1.29 is 14.2 Å². The van der Waals surface area contributed by atoms with Gasteiger partial charge in [-0.1, -0.05) is 24.3 Å². The zero-order valence-electron chi connectivity index (χ0n) is 12.8. The van der Waals surface area contributed by atoms with E-state index in [9.17, 15) is 0 Å². The van der Waals surface area contributed by atoms with E-state index in [0.29, 0.717) is 0 Å². The summed E-state index contributed by atoms with van der Waals surface area (Å²) in [5.74, 6) is 0. The van der Waals surface area contributed by atoms with Crippen LogP contribution in [-0.4, -0.2) is 14.4 Å². The molecule has 20 heavy (non-hydrogen) atoms. The van der Waals surface area contributed by atoms with Crippen LogP contribution in [0.3, 0.4) is 0 Å². The number of benzene rings is 1. The van der Waals surface area contributed by atoms with Crippen molar-refractivity contribution in [3.05, 3.63) is 47.5 Å². The Kier molecular flexibility index (Phi) is 3.00. The maximum atomic E-state index is 6.27. The molecule has 3 nitrogen and oxygen atoms in total. The predicted molar refractivity (Wildman–Crippen MR) is 80.7 cm³/mol. The molecular weight excluding hydrogens is 268 g/mol. The van der Waals surface area contributed by atoms with Crippen LogP contribution >= 0.6 is 0 Å². The molecule has 2 bridgehead atoms. The third kappa shape index (κ3) is 1.99. The van der Waals surface area contributed by atoms with Crippen molar-refractivity contribution in [2.45, 2.75) is 50.8 Å². The molecule has 0 fully saturated rings. The number of hydrogen-bond acceptors (Lipinski definition) is 3. The van der Waals surface area contributed by atoms with Crippen molar-refractivity contribution >= 4 is 8.32 Å². The second kappa shape index (κ2) is 4.27. The quantitative estimate of drug-likeness (QED) is 0.480. The average Bonchev–Trinajstić information content (AvgIpc) is 2.38. The summed E-state index contributed by atoms with van der Waals surface area (Å²) < 4.78 is 6.27. The van der Waals surface area contributed by atoms with Crippen LogP contribution in [0, 0.1) is 0 Å². The minimum Gasteiger partial charge on any atom is -0.411 e. The van der Waals surface area contributed by atoms with E-state index in [4.69, 9.17) is 14.2 Å². The van der Waals surface area contributed by atoms with Gasteiger partial charge in [-0.25, -0.2) is 9.78 Å². The van der Waals surface area contributed by atoms with Crippen molar-refractivity contribution in [3.8, 4) is 0 Å². The first-order valence-electron chi connectivity index (χ1n) is 7.12. The van der Waals surface area contributed by atoms with Gasteiger partial charge in [-0.2, -0.15) is 0 Å². The Morgan fingerprint density at radius 3 is 2.25 bits per heavy atom. The Bertz CT molecular complexity index is 563. The highest BCUT2D eigenvalue weighted by atomic mass is 28.4. The normalized spacial score (nSPS) is 33.0. The van der Waals surface area contributed by atoms with Crippen LogP contribution in [-0.2, 0) is 25.4 Å². The maximum absolute atomic E-state index is 6.27. The first kappa shape index (κ1) is 14.0. The van der Waals surface area contributed by atoms with Gasteiger partial charge in [0, 0.05) is 5.56 Å². The maximum Gasteiger partial charge on any atom is 0.184 e. The fraction of sp³-hybridized carbons (Fsp3) is 0.500. The molecule has 4 heteroatoms. The van der Waals surface area contributed by atoms with E-state index < -0.39 is 19.5 Å². The first-order valence-corrected chi connectivity index (χ1v) is 10.5. The molecule has 4 rings (SSSR count). The number of fused-ring (bicyclic) bond motifs is 1. The number of hydrogen-bond donors (Lipinski definition) is 0. The molecule has 0 unspecified atom stereocenters. The molecule has 108 valence electrons. The van der Waals surface area contributed by atoms with Gasteiger partial charge in [0.25, 0.3) is 0 Å². The lowest BCUT2D eigenvalue weighted by atomic mass is 9.74. The van der Waals surface area contributed by atoms with Crippen molar-refractivity contribution in [1.82, 2.24) is 0 Å². The van der Waals surface area contributed by atoms with Crippen LogP contribution in [0.1, 0.15) is 25.0 Å². The molecule has 0 radical (unpaired) electrons. The van der Waals surface area contributed by atoms with E-state index >= 15 is 0 Å². The van der Waals surface area contributed by atoms with Gasteiger partial charge >= 0.3 is 0 Å². The van der Waals surface area contributed by atoms with Crippen LogP contribution < -0.4 is 0 Å². The molecular formula is C16H22O3Si. The van der Waals surface area contributed by atoms with Crippen LogP contribution in [0.25, 0.3) is 0 Å². The van der Waals surface area contributed by atoms with Gasteiger partial charge in [-0.05, 0) is 51.2 Å². The lowest BCUT2D eigenvalue weighted by Gasteiger charge is -2.50. The molecule has 0 N–H and O–H groups in total. The summed E-state index contributed by atoms with van der Waals surface area (Å²) in [6.07, 6.45) is 4.10. The summed E-state index contributed by atoms with van der Waals surface area (Å²) in [4.78, 5) is 11.5. The largest absolute Gasteiger partial charge is 0.411 e. The van der Waals surface area contributed by atoms with Crippen LogP contribution in [0.5, 0.6) is 0 Å². The predicted octanol–water partition coefficient (Wildman–Crippen LogP) is 3.87. The monoisotopic (exact) mass is 290 g/mol. The fourth-order valence-electron chi connectivity index (χ4n) is 3.06. The van der Waals surface area contributed by atoms with Gasteiger partial charge in [0.15, 0.2) is 13.9 Å². The summed E-state index contributed by atoms with van der Waals surface area (Å²) in [5.41, 5.74) is 1.20. The molecule has 0 saturated carbocycles. The molecule has 3 aliphatic rings. The van der Waals surface area contributed by atoms with E-state index in [0.717, 1.165) is 5.56 Å². The SMILES string of the molecule is C[C@H](O[Si](C)(C)C)[C@]12C=C[C@](C)(OO1)c1ccccc12. The lowest BCUT2D eigenvalue weighted by molar-refractivity contribution is -0.429. The molecule has 0 spiro atoms. The van der Waals surface area contributed by atoms with Gasteiger partial charge in [0.1, 0.15) is 5.60 Å². The molecule has 0 saturated heterocycles. The minimum absolute atomic E-state index is 0.0867. The van der Waals surface area contributed by atoms with Crippen molar-refractivity contribution in [1.29, 1.82) is 0 Å². The summed E-state index contributed by atoms with van der Waals surface area (Å²) in [6.45, 7) is 10.7. The molecule has 0 aromatic heterocycles. The van der Waals surface area contributed by atoms with Gasteiger partial charge in [0.05, 0.1) is 6.10 Å². The Hall–Kier alpha value is -0.943. The molecule has 1 aliphatic carbocycles. The van der Waals surface area contributed by atoms with Crippen LogP contribution in [0.4, 0.5) is 0 Å². The Morgan fingerprint density at radius 2 is 1.70 bits per heavy atom. The molecule has 1 aromatic carbocycles. The van der Waals surface area contributed by atoms with Gasteiger partial charge in [-0.15, -0.1) is 0 Å². The fourth-order valence-corrected chi connectivity index (χ4v) is 4.30. The van der Waals surface area contributed by atoms with E-state index in [1.165, 1.54) is 5.56 Å². The third-order valence-corrected chi connectivity index (χ3v) is 5.08. The van der Waals surface area contributed by atoms with Crippen LogP contribution in [0.2, 0.25) is 19.6 Å². The third-order valence-electron chi connectivity index (χ3n) is 4.02. The highest BCUT2D eigenvalue weighted by molar-refractivity contribution is 6.69. The van der Waals surface area contributed by atoms with Gasteiger partial charge in [0.2, 0.25) is 0 Å². The summed E-state index contributed by atoms with van der Waals surface area (Å²) in [5, 5.41) is 0.